The first-order chi connectivity index (χ1) is 6.24. The maximum atomic E-state index is 11.5. The van der Waals surface area contributed by atoms with E-state index in [1.807, 2.05) is 4.90 Å². The van der Waals surface area contributed by atoms with Crippen LogP contribution in [0.4, 0.5) is 0 Å². The van der Waals surface area contributed by atoms with E-state index in [4.69, 9.17) is 6.42 Å². The first kappa shape index (κ1) is 10.1. The second-order valence-electron chi connectivity index (χ2n) is 3.40. The summed E-state index contributed by atoms with van der Waals surface area (Å²) in [6.45, 7) is 4.60. The van der Waals surface area contributed by atoms with Crippen LogP contribution < -0.4 is 5.32 Å². The first-order valence-corrected chi connectivity index (χ1v) is 4.68. The summed E-state index contributed by atoms with van der Waals surface area (Å²) in [6, 6.07) is 0.406. The lowest BCUT2D eigenvalue weighted by molar-refractivity contribution is -0.132. The standard InChI is InChI=1S/C10H16N2O/c1-3-4-5-10(13)12-7-6-11-9(2)8-12/h1,9,11H,4-8H2,2H3/t9-/m0/s1. The third-order valence-corrected chi connectivity index (χ3v) is 2.20. The van der Waals surface area contributed by atoms with Crippen molar-refractivity contribution < 1.29 is 4.79 Å². The number of amides is 1. The lowest BCUT2D eigenvalue weighted by atomic mass is 10.2. The van der Waals surface area contributed by atoms with Gasteiger partial charge in [0.25, 0.3) is 0 Å². The normalized spacial score (nSPS) is 22.5. The monoisotopic (exact) mass is 180 g/mol. The SMILES string of the molecule is C#CCCC(=O)N1CCN[C@@H](C)C1. The topological polar surface area (TPSA) is 32.3 Å². The molecule has 1 atom stereocenters. The van der Waals surface area contributed by atoms with E-state index < -0.39 is 0 Å². The molecule has 0 spiro atoms. The molecule has 0 saturated carbocycles. The van der Waals surface area contributed by atoms with Gasteiger partial charge in [-0.15, -0.1) is 12.3 Å². The molecule has 1 heterocycles. The highest BCUT2D eigenvalue weighted by Crippen LogP contribution is 2.02. The Bertz CT molecular complexity index is 219. The molecule has 0 bridgehead atoms. The summed E-state index contributed by atoms with van der Waals surface area (Å²) in [5.41, 5.74) is 0. The summed E-state index contributed by atoms with van der Waals surface area (Å²) in [5, 5.41) is 3.29. The molecule has 0 aromatic rings. The molecule has 0 unspecified atom stereocenters. The van der Waals surface area contributed by atoms with Gasteiger partial charge in [-0.2, -0.15) is 0 Å². The van der Waals surface area contributed by atoms with Crippen molar-refractivity contribution in [1.82, 2.24) is 10.2 Å². The third kappa shape index (κ3) is 3.08. The van der Waals surface area contributed by atoms with E-state index >= 15 is 0 Å². The molecule has 1 saturated heterocycles. The molecular formula is C10H16N2O. The fourth-order valence-electron chi connectivity index (χ4n) is 1.50. The Hall–Kier alpha value is -1.01. The lowest BCUT2D eigenvalue weighted by Gasteiger charge is -2.31. The van der Waals surface area contributed by atoms with Crippen molar-refractivity contribution in [3.05, 3.63) is 0 Å². The van der Waals surface area contributed by atoms with E-state index in [1.165, 1.54) is 0 Å². The van der Waals surface area contributed by atoms with E-state index in [1.54, 1.807) is 0 Å². The molecule has 1 aliphatic heterocycles. The molecule has 1 rings (SSSR count). The van der Waals surface area contributed by atoms with Gasteiger partial charge in [0.15, 0.2) is 0 Å². The van der Waals surface area contributed by atoms with Crippen molar-refractivity contribution in [2.45, 2.75) is 25.8 Å². The second-order valence-corrected chi connectivity index (χ2v) is 3.40. The molecule has 72 valence electrons. The van der Waals surface area contributed by atoms with Gasteiger partial charge in [0, 0.05) is 38.5 Å². The fourth-order valence-corrected chi connectivity index (χ4v) is 1.50. The number of piperazine rings is 1. The maximum Gasteiger partial charge on any atom is 0.223 e. The molecule has 13 heavy (non-hydrogen) atoms. The zero-order valence-corrected chi connectivity index (χ0v) is 8.05. The van der Waals surface area contributed by atoms with Crippen LogP contribution in [0.3, 0.4) is 0 Å². The van der Waals surface area contributed by atoms with Gasteiger partial charge < -0.3 is 10.2 Å². The van der Waals surface area contributed by atoms with Crippen LogP contribution in [0, 0.1) is 12.3 Å². The van der Waals surface area contributed by atoms with Gasteiger partial charge in [-0.1, -0.05) is 0 Å². The highest BCUT2D eigenvalue weighted by molar-refractivity contribution is 5.76. The van der Waals surface area contributed by atoms with Gasteiger partial charge in [0.05, 0.1) is 0 Å². The number of terminal acetylenes is 1. The van der Waals surface area contributed by atoms with Crippen LogP contribution in [0.2, 0.25) is 0 Å². The molecule has 3 heteroatoms. The average Bonchev–Trinajstić information content (AvgIpc) is 2.14. The zero-order valence-electron chi connectivity index (χ0n) is 8.05. The molecule has 1 amide bonds. The molecule has 1 fully saturated rings. The Morgan fingerprint density at radius 2 is 2.54 bits per heavy atom. The van der Waals surface area contributed by atoms with Crippen molar-refractivity contribution in [3.8, 4) is 12.3 Å². The van der Waals surface area contributed by atoms with Gasteiger partial charge in [-0.05, 0) is 6.92 Å². The summed E-state index contributed by atoms with van der Waals surface area (Å²) in [7, 11) is 0. The molecular weight excluding hydrogens is 164 g/mol. The minimum atomic E-state index is 0.186. The van der Waals surface area contributed by atoms with Crippen LogP contribution in [0.1, 0.15) is 19.8 Å². The Labute approximate surface area is 79.5 Å². The van der Waals surface area contributed by atoms with Crippen LogP contribution in [0.25, 0.3) is 0 Å². The second kappa shape index (κ2) is 4.88. The number of nitrogens with zero attached hydrogens (tertiary/aromatic N) is 1. The van der Waals surface area contributed by atoms with E-state index in [0.29, 0.717) is 18.9 Å². The molecule has 1 aliphatic rings. The summed E-state index contributed by atoms with van der Waals surface area (Å²) < 4.78 is 0. The van der Waals surface area contributed by atoms with Gasteiger partial charge in [-0.25, -0.2) is 0 Å². The van der Waals surface area contributed by atoms with Crippen LogP contribution in [0.5, 0.6) is 0 Å². The van der Waals surface area contributed by atoms with E-state index in [2.05, 4.69) is 18.2 Å². The van der Waals surface area contributed by atoms with Gasteiger partial charge >= 0.3 is 0 Å². The minimum Gasteiger partial charge on any atom is -0.340 e. The smallest absolute Gasteiger partial charge is 0.223 e. The van der Waals surface area contributed by atoms with Crippen LogP contribution in [-0.2, 0) is 4.79 Å². The van der Waals surface area contributed by atoms with Crippen molar-refractivity contribution in [1.29, 1.82) is 0 Å². The Morgan fingerprint density at radius 3 is 3.15 bits per heavy atom. The summed E-state index contributed by atoms with van der Waals surface area (Å²) in [5.74, 6) is 2.67. The fraction of sp³-hybridized carbons (Fsp3) is 0.700. The lowest BCUT2D eigenvalue weighted by Crippen LogP contribution is -2.51. The quantitative estimate of drug-likeness (QED) is 0.617. The Morgan fingerprint density at radius 1 is 1.77 bits per heavy atom. The number of carbonyl (C=O) groups is 1. The molecule has 0 radical (unpaired) electrons. The predicted octanol–water partition coefficient (Wildman–Crippen LogP) is 0.220. The highest BCUT2D eigenvalue weighted by atomic mass is 16.2. The van der Waals surface area contributed by atoms with Gasteiger partial charge in [0.1, 0.15) is 0 Å². The Kier molecular flexibility index (Phi) is 3.78. The van der Waals surface area contributed by atoms with Crippen molar-refractivity contribution >= 4 is 5.91 Å². The number of rotatable bonds is 2. The molecule has 0 aromatic heterocycles. The van der Waals surface area contributed by atoms with Crippen molar-refractivity contribution in [2.24, 2.45) is 0 Å². The molecule has 0 aliphatic carbocycles. The minimum absolute atomic E-state index is 0.186. The largest absolute Gasteiger partial charge is 0.340 e. The molecule has 0 aromatic carbocycles. The summed E-state index contributed by atoms with van der Waals surface area (Å²) >= 11 is 0. The van der Waals surface area contributed by atoms with Crippen molar-refractivity contribution in [3.63, 3.8) is 0 Å². The van der Waals surface area contributed by atoms with Crippen LogP contribution in [-0.4, -0.2) is 36.5 Å². The summed E-state index contributed by atoms with van der Waals surface area (Å²) in [6.07, 6.45) is 6.14. The van der Waals surface area contributed by atoms with E-state index in [-0.39, 0.29) is 5.91 Å². The predicted molar refractivity (Wildman–Crippen MR) is 52.1 cm³/mol. The van der Waals surface area contributed by atoms with Crippen molar-refractivity contribution in [2.75, 3.05) is 19.6 Å². The van der Waals surface area contributed by atoms with Gasteiger partial charge in [0.2, 0.25) is 5.91 Å². The number of carbonyl (C=O) groups excluding carboxylic acids is 1. The maximum absolute atomic E-state index is 11.5. The molecule has 1 N–H and O–H groups in total. The van der Waals surface area contributed by atoms with Crippen LogP contribution >= 0.6 is 0 Å². The third-order valence-electron chi connectivity index (χ3n) is 2.20. The Balaban J connectivity index is 2.33. The summed E-state index contributed by atoms with van der Waals surface area (Å²) in [4.78, 5) is 13.4. The first-order valence-electron chi connectivity index (χ1n) is 4.68. The van der Waals surface area contributed by atoms with E-state index in [9.17, 15) is 4.79 Å². The van der Waals surface area contributed by atoms with Crippen LogP contribution in [0.15, 0.2) is 0 Å². The highest BCUT2D eigenvalue weighted by Gasteiger charge is 2.19. The molecule has 3 nitrogen and oxygen atoms in total. The number of nitrogens with one attached hydrogen (secondary N) is 1. The van der Waals surface area contributed by atoms with E-state index in [0.717, 1.165) is 19.6 Å². The van der Waals surface area contributed by atoms with Gasteiger partial charge in [-0.3, -0.25) is 4.79 Å². The zero-order chi connectivity index (χ0) is 9.68. The average molecular weight is 180 g/mol. The number of hydrogen-bond acceptors (Lipinski definition) is 2. The number of hydrogen-bond donors (Lipinski definition) is 1.